The second-order valence-corrected chi connectivity index (χ2v) is 7.55. The molecular weight excluding hydrogens is 270 g/mol. The number of hydrogen-bond acceptors (Lipinski definition) is 2. The maximum absolute atomic E-state index is 4.95. The van der Waals surface area contributed by atoms with Crippen molar-refractivity contribution in [3.8, 4) is 5.69 Å². The largest absolute Gasteiger partial charge is 0.294 e. The highest BCUT2D eigenvalue weighted by atomic mass is 15.3. The molecule has 3 nitrogen and oxygen atoms in total. The van der Waals surface area contributed by atoms with Crippen LogP contribution in [-0.2, 0) is 13.0 Å². The van der Waals surface area contributed by atoms with Crippen molar-refractivity contribution in [3.05, 3.63) is 47.3 Å². The van der Waals surface area contributed by atoms with E-state index in [-0.39, 0.29) is 5.54 Å². The lowest BCUT2D eigenvalue weighted by atomic mass is 9.95. The molecule has 1 aromatic heterocycles. The summed E-state index contributed by atoms with van der Waals surface area (Å²) in [5.74, 6) is 0.469. The summed E-state index contributed by atoms with van der Waals surface area (Å²) in [5.41, 5.74) is 5.48. The molecule has 0 N–H and O–H groups in total. The van der Waals surface area contributed by atoms with Crippen molar-refractivity contribution in [3.63, 3.8) is 0 Å². The molecule has 2 aromatic rings. The molecule has 0 fully saturated rings. The Bertz CT molecular complexity index is 647. The summed E-state index contributed by atoms with van der Waals surface area (Å²) in [7, 11) is 0. The molecule has 0 unspecified atom stereocenters. The molecule has 118 valence electrons. The Kier molecular flexibility index (Phi) is 3.85. The van der Waals surface area contributed by atoms with Gasteiger partial charge in [0.25, 0.3) is 0 Å². The second kappa shape index (κ2) is 5.54. The number of benzene rings is 1. The number of hydrogen-bond donors (Lipinski definition) is 0. The van der Waals surface area contributed by atoms with Crippen LogP contribution in [0.2, 0.25) is 0 Å². The summed E-state index contributed by atoms with van der Waals surface area (Å²) in [4.78, 5) is 2.57. The smallest absolute Gasteiger partial charge is 0.0689 e. The lowest BCUT2D eigenvalue weighted by Crippen LogP contribution is -2.44. The summed E-state index contributed by atoms with van der Waals surface area (Å²) in [6.07, 6.45) is 1.05. The fraction of sp³-hybridized carbons (Fsp3) is 0.526. The van der Waals surface area contributed by atoms with E-state index in [0.29, 0.717) is 5.92 Å². The first kappa shape index (κ1) is 15.3. The Balaban J connectivity index is 2.08. The van der Waals surface area contributed by atoms with E-state index in [1.807, 2.05) is 0 Å². The van der Waals surface area contributed by atoms with E-state index in [9.17, 15) is 0 Å². The van der Waals surface area contributed by atoms with Gasteiger partial charge in [-0.3, -0.25) is 4.90 Å². The predicted molar refractivity (Wildman–Crippen MR) is 91.5 cm³/mol. The normalized spacial score (nSPS) is 16.1. The highest BCUT2D eigenvalue weighted by Crippen LogP contribution is 2.32. The van der Waals surface area contributed by atoms with Gasteiger partial charge in [-0.05, 0) is 38.8 Å². The SMILES string of the molecule is CC(C)c1c2c(nn1-c1ccccc1)CCN(C(C)(C)C)C2. The van der Waals surface area contributed by atoms with E-state index in [4.69, 9.17) is 5.10 Å². The van der Waals surface area contributed by atoms with Gasteiger partial charge in [-0.25, -0.2) is 4.68 Å². The fourth-order valence-electron chi connectivity index (χ4n) is 3.33. The monoisotopic (exact) mass is 297 g/mol. The average Bonchev–Trinajstić information content (AvgIpc) is 2.85. The van der Waals surface area contributed by atoms with E-state index in [2.05, 4.69) is 74.5 Å². The Labute approximate surface area is 133 Å². The number of aromatic nitrogens is 2. The van der Waals surface area contributed by atoms with Gasteiger partial charge in [0.2, 0.25) is 0 Å². The molecule has 0 atom stereocenters. The van der Waals surface area contributed by atoms with Gasteiger partial charge in [-0.2, -0.15) is 5.10 Å². The second-order valence-electron chi connectivity index (χ2n) is 7.55. The molecule has 0 aliphatic carbocycles. The van der Waals surface area contributed by atoms with Crippen molar-refractivity contribution in [1.29, 1.82) is 0 Å². The molecule has 0 radical (unpaired) electrons. The van der Waals surface area contributed by atoms with Gasteiger partial charge >= 0.3 is 0 Å². The fourth-order valence-corrected chi connectivity index (χ4v) is 3.33. The quantitative estimate of drug-likeness (QED) is 0.830. The third-order valence-corrected chi connectivity index (χ3v) is 4.57. The zero-order chi connectivity index (χ0) is 15.9. The molecule has 0 saturated heterocycles. The van der Waals surface area contributed by atoms with Gasteiger partial charge in [0.1, 0.15) is 0 Å². The number of fused-ring (bicyclic) bond motifs is 1. The molecular formula is C19H27N3. The van der Waals surface area contributed by atoms with Gasteiger partial charge in [0.15, 0.2) is 0 Å². The van der Waals surface area contributed by atoms with Gasteiger partial charge in [-0.15, -0.1) is 0 Å². The molecule has 0 spiro atoms. The maximum Gasteiger partial charge on any atom is 0.0689 e. The van der Waals surface area contributed by atoms with Gasteiger partial charge in [0, 0.05) is 30.6 Å². The molecule has 3 heteroatoms. The van der Waals surface area contributed by atoms with Crippen LogP contribution in [0.1, 0.15) is 57.5 Å². The van der Waals surface area contributed by atoms with E-state index >= 15 is 0 Å². The van der Waals surface area contributed by atoms with E-state index in [1.165, 1.54) is 22.6 Å². The van der Waals surface area contributed by atoms with Crippen molar-refractivity contribution in [1.82, 2.24) is 14.7 Å². The van der Waals surface area contributed by atoms with Crippen molar-refractivity contribution in [2.24, 2.45) is 0 Å². The van der Waals surface area contributed by atoms with Crippen LogP contribution in [0.3, 0.4) is 0 Å². The van der Waals surface area contributed by atoms with Crippen molar-refractivity contribution >= 4 is 0 Å². The molecule has 0 amide bonds. The standard InChI is InChI=1S/C19H27N3/c1-14(2)18-16-13-21(19(3,4)5)12-11-17(16)20-22(18)15-9-7-6-8-10-15/h6-10,14H,11-13H2,1-5H3. The van der Waals surface area contributed by atoms with Crippen LogP contribution in [0.4, 0.5) is 0 Å². The minimum Gasteiger partial charge on any atom is -0.294 e. The molecule has 1 aliphatic heterocycles. The summed E-state index contributed by atoms with van der Waals surface area (Å²) < 4.78 is 2.17. The number of para-hydroxylation sites is 1. The summed E-state index contributed by atoms with van der Waals surface area (Å²) in [5, 5.41) is 4.95. The molecule has 22 heavy (non-hydrogen) atoms. The van der Waals surface area contributed by atoms with Crippen LogP contribution >= 0.6 is 0 Å². The lowest BCUT2D eigenvalue weighted by Gasteiger charge is -2.38. The zero-order valence-corrected chi connectivity index (χ0v) is 14.4. The Morgan fingerprint density at radius 2 is 1.77 bits per heavy atom. The van der Waals surface area contributed by atoms with E-state index < -0.39 is 0 Å². The lowest BCUT2D eigenvalue weighted by molar-refractivity contribution is 0.120. The van der Waals surface area contributed by atoms with Crippen LogP contribution in [-0.4, -0.2) is 26.8 Å². The Morgan fingerprint density at radius 1 is 1.09 bits per heavy atom. The Morgan fingerprint density at radius 3 is 2.36 bits per heavy atom. The number of nitrogens with zero attached hydrogens (tertiary/aromatic N) is 3. The van der Waals surface area contributed by atoms with Crippen LogP contribution in [0.5, 0.6) is 0 Å². The van der Waals surface area contributed by atoms with Crippen molar-refractivity contribution < 1.29 is 0 Å². The molecule has 3 rings (SSSR count). The first-order chi connectivity index (χ1) is 10.4. The van der Waals surface area contributed by atoms with Crippen molar-refractivity contribution in [2.45, 2.75) is 59.0 Å². The zero-order valence-electron chi connectivity index (χ0n) is 14.4. The molecule has 0 saturated carbocycles. The molecule has 2 heterocycles. The summed E-state index contributed by atoms with van der Waals surface area (Å²) in [6.45, 7) is 13.6. The van der Waals surface area contributed by atoms with Crippen LogP contribution in [0.25, 0.3) is 5.69 Å². The Hall–Kier alpha value is -1.61. The minimum absolute atomic E-state index is 0.209. The van der Waals surface area contributed by atoms with Gasteiger partial charge in [0.05, 0.1) is 17.1 Å². The first-order valence-electron chi connectivity index (χ1n) is 8.29. The van der Waals surface area contributed by atoms with Crippen LogP contribution in [0.15, 0.2) is 30.3 Å². The third kappa shape index (κ3) is 2.70. The highest BCUT2D eigenvalue weighted by Gasteiger charge is 2.31. The first-order valence-corrected chi connectivity index (χ1v) is 8.29. The molecule has 1 aliphatic rings. The van der Waals surface area contributed by atoms with E-state index in [1.54, 1.807) is 0 Å². The summed E-state index contributed by atoms with van der Waals surface area (Å²) >= 11 is 0. The molecule has 0 bridgehead atoms. The average molecular weight is 297 g/mol. The summed E-state index contributed by atoms with van der Waals surface area (Å²) in [6, 6.07) is 10.5. The van der Waals surface area contributed by atoms with Crippen molar-refractivity contribution in [2.75, 3.05) is 6.54 Å². The third-order valence-electron chi connectivity index (χ3n) is 4.57. The van der Waals surface area contributed by atoms with Crippen LogP contribution in [0, 0.1) is 0 Å². The molecule has 1 aromatic carbocycles. The minimum atomic E-state index is 0.209. The topological polar surface area (TPSA) is 21.1 Å². The van der Waals surface area contributed by atoms with Gasteiger partial charge in [-0.1, -0.05) is 32.0 Å². The highest BCUT2D eigenvalue weighted by molar-refractivity contribution is 5.40. The predicted octanol–water partition coefficient (Wildman–Crippen LogP) is 4.15. The van der Waals surface area contributed by atoms with Gasteiger partial charge < -0.3 is 0 Å². The number of rotatable bonds is 2. The van der Waals surface area contributed by atoms with Crippen LogP contribution < -0.4 is 0 Å². The maximum atomic E-state index is 4.95. The van der Waals surface area contributed by atoms with E-state index in [0.717, 1.165) is 19.5 Å².